The summed E-state index contributed by atoms with van der Waals surface area (Å²) in [6.07, 6.45) is 1.61. The smallest absolute Gasteiger partial charge is 0.251 e. The largest absolute Gasteiger partial charge is 0.346 e. The van der Waals surface area contributed by atoms with Crippen molar-refractivity contribution in [3.8, 4) is 0 Å². The first kappa shape index (κ1) is 23.8. The van der Waals surface area contributed by atoms with E-state index in [2.05, 4.69) is 10.3 Å². The summed E-state index contributed by atoms with van der Waals surface area (Å²) in [4.78, 5) is 36.7. The number of rotatable bonds is 5. The van der Waals surface area contributed by atoms with Crippen LogP contribution < -0.4 is 5.32 Å². The maximum atomic E-state index is 13.8. The fraction of sp³-hybridized carbons (Fsp3) is 0.200. The molecule has 0 radical (unpaired) electrons. The van der Waals surface area contributed by atoms with Gasteiger partial charge in [0, 0.05) is 34.8 Å². The number of carbonyl (C=O) groups is 2. The third kappa shape index (κ3) is 4.64. The SMILES string of the molecule is CC(=O)N1C(c2nccs2)=N[C@@H](c2ccc(F)cc2Cl)C(C(=O)N[C@H](C)c2ccccc2)=C1C. The monoisotopic (exact) mass is 496 g/mol. The molecule has 0 saturated heterocycles. The van der Waals surface area contributed by atoms with E-state index in [0.29, 0.717) is 22.1 Å². The highest BCUT2D eigenvalue weighted by molar-refractivity contribution is 7.11. The number of thiazole rings is 1. The maximum absolute atomic E-state index is 13.8. The molecule has 0 bridgehead atoms. The Labute approximate surface area is 205 Å². The molecule has 2 aromatic carbocycles. The van der Waals surface area contributed by atoms with Crippen LogP contribution in [0.2, 0.25) is 5.02 Å². The first-order valence-corrected chi connectivity index (χ1v) is 11.8. The molecule has 2 atom stereocenters. The molecule has 0 saturated carbocycles. The van der Waals surface area contributed by atoms with Gasteiger partial charge in [-0.3, -0.25) is 19.5 Å². The lowest BCUT2D eigenvalue weighted by atomic mass is 9.94. The number of nitrogens with one attached hydrogen (secondary N) is 1. The van der Waals surface area contributed by atoms with Crippen molar-refractivity contribution in [2.75, 3.05) is 0 Å². The molecule has 3 aromatic rings. The number of aromatic nitrogens is 1. The zero-order valence-electron chi connectivity index (χ0n) is 18.8. The number of amidine groups is 1. The van der Waals surface area contributed by atoms with Gasteiger partial charge in [-0.05, 0) is 31.5 Å². The van der Waals surface area contributed by atoms with E-state index in [1.165, 1.54) is 41.4 Å². The van der Waals surface area contributed by atoms with Gasteiger partial charge in [0.15, 0.2) is 10.8 Å². The molecule has 0 spiro atoms. The van der Waals surface area contributed by atoms with Crippen LogP contribution in [0.25, 0.3) is 0 Å². The molecule has 0 unspecified atom stereocenters. The second-order valence-corrected chi connectivity index (χ2v) is 9.12. The number of carbonyl (C=O) groups excluding carboxylic acids is 2. The Bertz CT molecular complexity index is 1290. The second-order valence-electron chi connectivity index (χ2n) is 7.82. The predicted molar refractivity (Wildman–Crippen MR) is 131 cm³/mol. The third-order valence-corrected chi connectivity index (χ3v) is 6.65. The summed E-state index contributed by atoms with van der Waals surface area (Å²) in [6, 6.07) is 12.3. The summed E-state index contributed by atoms with van der Waals surface area (Å²) in [5, 5.41) is 5.44. The molecule has 6 nitrogen and oxygen atoms in total. The first-order chi connectivity index (χ1) is 16.3. The Morgan fingerprint density at radius 3 is 2.56 bits per heavy atom. The predicted octanol–water partition coefficient (Wildman–Crippen LogP) is 5.44. The molecule has 1 aliphatic heterocycles. The van der Waals surface area contributed by atoms with Crippen molar-refractivity contribution >= 4 is 40.6 Å². The molecule has 34 heavy (non-hydrogen) atoms. The van der Waals surface area contributed by atoms with Gasteiger partial charge in [-0.15, -0.1) is 11.3 Å². The molecule has 2 heterocycles. The highest BCUT2D eigenvalue weighted by atomic mass is 35.5. The Morgan fingerprint density at radius 1 is 1.21 bits per heavy atom. The molecular weight excluding hydrogens is 475 g/mol. The minimum absolute atomic E-state index is 0.137. The van der Waals surface area contributed by atoms with Crippen LogP contribution >= 0.6 is 22.9 Å². The van der Waals surface area contributed by atoms with E-state index in [0.717, 1.165) is 5.56 Å². The van der Waals surface area contributed by atoms with E-state index < -0.39 is 17.8 Å². The van der Waals surface area contributed by atoms with Crippen LogP contribution in [0, 0.1) is 5.82 Å². The lowest BCUT2D eigenvalue weighted by molar-refractivity contribution is -0.123. The number of amides is 2. The van der Waals surface area contributed by atoms with Gasteiger partial charge in [0.2, 0.25) is 5.91 Å². The van der Waals surface area contributed by atoms with E-state index in [4.69, 9.17) is 16.6 Å². The third-order valence-electron chi connectivity index (χ3n) is 5.55. The summed E-state index contributed by atoms with van der Waals surface area (Å²) < 4.78 is 13.8. The maximum Gasteiger partial charge on any atom is 0.251 e. The quantitative estimate of drug-likeness (QED) is 0.511. The van der Waals surface area contributed by atoms with E-state index in [-0.39, 0.29) is 22.5 Å². The molecule has 174 valence electrons. The molecule has 4 rings (SSSR count). The van der Waals surface area contributed by atoms with E-state index >= 15 is 0 Å². The number of halogens is 2. The molecule has 2 amide bonds. The molecule has 0 aliphatic carbocycles. The standard InChI is InChI=1S/C25H22ClFN4O2S/c1-14(17-7-5-4-6-8-17)29-24(33)21-15(2)31(16(3)32)23(25-28-11-12-34-25)30-22(21)19-10-9-18(27)13-20(19)26/h4-14,22H,1-3H3,(H,29,33)/t14-,22+/m1/s1. The van der Waals surface area contributed by atoms with Gasteiger partial charge in [-0.1, -0.05) is 48.0 Å². The number of hydrogen-bond donors (Lipinski definition) is 1. The van der Waals surface area contributed by atoms with Crippen molar-refractivity contribution in [2.24, 2.45) is 4.99 Å². The highest BCUT2D eigenvalue weighted by Crippen LogP contribution is 2.39. The van der Waals surface area contributed by atoms with Crippen LogP contribution in [0.3, 0.4) is 0 Å². The fourth-order valence-corrected chi connectivity index (χ4v) is 4.82. The van der Waals surface area contributed by atoms with Crippen molar-refractivity contribution in [2.45, 2.75) is 32.9 Å². The van der Waals surface area contributed by atoms with Crippen molar-refractivity contribution < 1.29 is 14.0 Å². The average molecular weight is 497 g/mol. The van der Waals surface area contributed by atoms with Gasteiger partial charge in [-0.2, -0.15) is 0 Å². The second kappa shape index (κ2) is 9.87. The summed E-state index contributed by atoms with van der Waals surface area (Å²) >= 11 is 7.72. The average Bonchev–Trinajstić information content (AvgIpc) is 3.33. The van der Waals surface area contributed by atoms with E-state index in [1.807, 2.05) is 37.3 Å². The van der Waals surface area contributed by atoms with Gasteiger partial charge in [-0.25, -0.2) is 9.37 Å². The Balaban J connectivity index is 1.83. The highest BCUT2D eigenvalue weighted by Gasteiger charge is 2.37. The lowest BCUT2D eigenvalue weighted by Gasteiger charge is -2.33. The van der Waals surface area contributed by atoms with Crippen molar-refractivity contribution in [3.05, 3.63) is 98.4 Å². The molecule has 0 fully saturated rings. The molecular formula is C25H22ClFN4O2S. The summed E-state index contributed by atoms with van der Waals surface area (Å²) in [7, 11) is 0. The Morgan fingerprint density at radius 2 is 1.94 bits per heavy atom. The number of allylic oxidation sites excluding steroid dienone is 1. The zero-order chi connectivity index (χ0) is 24.4. The van der Waals surface area contributed by atoms with Gasteiger partial charge >= 0.3 is 0 Å². The van der Waals surface area contributed by atoms with Crippen LogP contribution in [0.4, 0.5) is 4.39 Å². The number of nitrogens with zero attached hydrogens (tertiary/aromatic N) is 3. The van der Waals surface area contributed by atoms with Crippen LogP contribution in [0.1, 0.15) is 49.0 Å². The van der Waals surface area contributed by atoms with Crippen molar-refractivity contribution in [3.63, 3.8) is 0 Å². The Kier molecular flexibility index (Phi) is 6.90. The van der Waals surface area contributed by atoms with Gasteiger partial charge in [0.05, 0.1) is 11.6 Å². The molecule has 9 heteroatoms. The minimum atomic E-state index is -0.856. The van der Waals surface area contributed by atoms with Crippen LogP contribution in [-0.4, -0.2) is 27.5 Å². The summed E-state index contributed by atoms with van der Waals surface area (Å²) in [5.41, 5.74) is 2.05. The van der Waals surface area contributed by atoms with E-state index in [1.54, 1.807) is 18.5 Å². The van der Waals surface area contributed by atoms with Crippen molar-refractivity contribution in [1.82, 2.24) is 15.2 Å². The fourth-order valence-electron chi connectivity index (χ4n) is 3.93. The van der Waals surface area contributed by atoms with Gasteiger partial charge in [0.1, 0.15) is 11.9 Å². The van der Waals surface area contributed by atoms with Gasteiger partial charge in [0.25, 0.3) is 5.91 Å². The van der Waals surface area contributed by atoms with Crippen LogP contribution in [-0.2, 0) is 9.59 Å². The van der Waals surface area contributed by atoms with Crippen LogP contribution in [0.15, 0.2) is 76.4 Å². The van der Waals surface area contributed by atoms with Crippen molar-refractivity contribution in [1.29, 1.82) is 0 Å². The molecule has 1 aliphatic rings. The summed E-state index contributed by atoms with van der Waals surface area (Å²) in [5.74, 6) is -0.884. The number of aliphatic imine (C=N–C) groups is 1. The Hall–Kier alpha value is -3.36. The van der Waals surface area contributed by atoms with E-state index in [9.17, 15) is 14.0 Å². The number of hydrogen-bond acceptors (Lipinski definition) is 5. The summed E-state index contributed by atoms with van der Waals surface area (Å²) in [6.45, 7) is 4.97. The lowest BCUT2D eigenvalue weighted by Crippen LogP contribution is -2.42. The normalized spacial score (nSPS) is 16.8. The molecule has 1 aromatic heterocycles. The number of benzene rings is 2. The first-order valence-electron chi connectivity index (χ1n) is 10.6. The topological polar surface area (TPSA) is 74.7 Å². The zero-order valence-corrected chi connectivity index (χ0v) is 20.3. The van der Waals surface area contributed by atoms with Crippen LogP contribution in [0.5, 0.6) is 0 Å². The molecule has 1 N–H and O–H groups in total. The minimum Gasteiger partial charge on any atom is -0.346 e. The van der Waals surface area contributed by atoms with Gasteiger partial charge < -0.3 is 5.32 Å².